The number of ether oxygens (including phenoxy) is 2. The van der Waals surface area contributed by atoms with Gasteiger partial charge in [0, 0.05) is 13.5 Å². The van der Waals surface area contributed by atoms with Gasteiger partial charge in [0.15, 0.2) is 17.7 Å². The van der Waals surface area contributed by atoms with Gasteiger partial charge in [-0.25, -0.2) is 4.39 Å². The van der Waals surface area contributed by atoms with Gasteiger partial charge in [0.05, 0.1) is 25.3 Å². The Balaban J connectivity index is 1.81. The first-order valence-corrected chi connectivity index (χ1v) is 7.72. The largest absolute Gasteiger partial charge is 0.490 e. The van der Waals surface area contributed by atoms with Crippen molar-refractivity contribution in [2.24, 2.45) is 0 Å². The van der Waals surface area contributed by atoms with Gasteiger partial charge < -0.3 is 18.8 Å². The number of rotatable bonds is 4. The Labute approximate surface area is 138 Å². The van der Waals surface area contributed by atoms with Crippen LogP contribution in [0.2, 0.25) is 0 Å². The zero-order chi connectivity index (χ0) is 17.1. The highest BCUT2D eigenvalue weighted by Gasteiger charge is 2.31. The number of nitrogens with zero attached hydrogens (tertiary/aromatic N) is 3. The van der Waals surface area contributed by atoms with Gasteiger partial charge in [-0.2, -0.15) is 0 Å². The van der Waals surface area contributed by atoms with Crippen LogP contribution in [-0.4, -0.2) is 47.3 Å². The minimum atomic E-state index is -0.556. The average Bonchev–Trinajstić information content (AvgIpc) is 3.03. The van der Waals surface area contributed by atoms with Gasteiger partial charge in [0.25, 0.3) is 5.91 Å². The minimum absolute atomic E-state index is 0.0262. The van der Waals surface area contributed by atoms with Crippen LogP contribution in [0, 0.1) is 12.7 Å². The molecule has 1 aliphatic heterocycles. The molecule has 0 saturated carbocycles. The van der Waals surface area contributed by atoms with Gasteiger partial charge in [0.1, 0.15) is 0 Å². The van der Waals surface area contributed by atoms with E-state index in [4.69, 9.17) is 13.9 Å². The maximum Gasteiger partial charge on any atom is 0.257 e. The summed E-state index contributed by atoms with van der Waals surface area (Å²) in [6.45, 7) is 4.67. The molecule has 1 fully saturated rings. The molecule has 1 amide bonds. The van der Waals surface area contributed by atoms with Gasteiger partial charge in [-0.15, -0.1) is 10.2 Å². The third kappa shape index (κ3) is 3.23. The first kappa shape index (κ1) is 16.4. The van der Waals surface area contributed by atoms with Crippen molar-refractivity contribution < 1.29 is 23.1 Å². The summed E-state index contributed by atoms with van der Waals surface area (Å²) in [7, 11) is 0. The smallest absolute Gasteiger partial charge is 0.257 e. The number of halogens is 1. The fourth-order valence-corrected chi connectivity index (χ4v) is 2.56. The molecule has 0 radical (unpaired) electrons. The SMILES string of the molecule is CCOc1c(F)cccc1C(=O)N1CCOC(c2nnc(C)o2)C1. The number of aromatic nitrogens is 2. The molecule has 24 heavy (non-hydrogen) atoms. The van der Waals surface area contributed by atoms with E-state index in [2.05, 4.69) is 10.2 Å². The van der Waals surface area contributed by atoms with Crippen molar-refractivity contribution in [1.82, 2.24) is 15.1 Å². The van der Waals surface area contributed by atoms with Crippen molar-refractivity contribution in [1.29, 1.82) is 0 Å². The summed E-state index contributed by atoms with van der Waals surface area (Å²) < 4.78 is 30.2. The molecule has 1 saturated heterocycles. The molecular formula is C16H18FN3O4. The van der Waals surface area contributed by atoms with Crippen LogP contribution in [0.5, 0.6) is 5.75 Å². The number of benzene rings is 1. The zero-order valence-corrected chi connectivity index (χ0v) is 13.5. The Hall–Kier alpha value is -2.48. The molecule has 7 nitrogen and oxygen atoms in total. The lowest BCUT2D eigenvalue weighted by atomic mass is 10.1. The van der Waals surface area contributed by atoms with Gasteiger partial charge in [-0.1, -0.05) is 6.07 Å². The van der Waals surface area contributed by atoms with Crippen LogP contribution in [0.15, 0.2) is 22.6 Å². The van der Waals surface area contributed by atoms with E-state index in [1.54, 1.807) is 24.8 Å². The molecule has 2 heterocycles. The Morgan fingerprint density at radius 1 is 1.46 bits per heavy atom. The molecule has 0 N–H and O–H groups in total. The van der Waals surface area contributed by atoms with E-state index in [1.165, 1.54) is 12.1 Å². The number of hydrogen-bond donors (Lipinski definition) is 0. The Kier molecular flexibility index (Phi) is 4.75. The zero-order valence-electron chi connectivity index (χ0n) is 13.5. The third-order valence-corrected chi connectivity index (χ3v) is 3.66. The quantitative estimate of drug-likeness (QED) is 0.852. The summed E-state index contributed by atoms with van der Waals surface area (Å²) in [5.74, 6) is -0.140. The molecule has 0 aliphatic carbocycles. The second kappa shape index (κ2) is 6.96. The number of para-hydroxylation sites is 1. The van der Waals surface area contributed by atoms with Crippen LogP contribution >= 0.6 is 0 Å². The van der Waals surface area contributed by atoms with E-state index in [0.29, 0.717) is 24.9 Å². The highest BCUT2D eigenvalue weighted by atomic mass is 19.1. The number of carbonyl (C=O) groups excluding carboxylic acids is 1. The molecule has 0 spiro atoms. The van der Waals surface area contributed by atoms with Crippen LogP contribution in [0.3, 0.4) is 0 Å². The maximum atomic E-state index is 14.0. The first-order chi connectivity index (χ1) is 11.6. The molecule has 1 aromatic carbocycles. The van der Waals surface area contributed by atoms with Crippen molar-refractivity contribution in [3.05, 3.63) is 41.4 Å². The molecule has 8 heteroatoms. The molecule has 1 unspecified atom stereocenters. The Morgan fingerprint density at radius 3 is 3.00 bits per heavy atom. The van der Waals surface area contributed by atoms with E-state index >= 15 is 0 Å². The molecule has 2 aromatic rings. The van der Waals surface area contributed by atoms with Gasteiger partial charge in [-0.05, 0) is 19.1 Å². The minimum Gasteiger partial charge on any atom is -0.490 e. The van der Waals surface area contributed by atoms with Crippen LogP contribution in [0.1, 0.15) is 35.2 Å². The normalized spacial score (nSPS) is 17.8. The molecule has 3 rings (SSSR count). The summed E-state index contributed by atoms with van der Waals surface area (Å²) in [5, 5.41) is 7.70. The lowest BCUT2D eigenvalue weighted by Gasteiger charge is -2.31. The molecular weight excluding hydrogens is 317 g/mol. The number of carbonyl (C=O) groups is 1. The monoisotopic (exact) mass is 335 g/mol. The molecule has 0 bridgehead atoms. The summed E-state index contributed by atoms with van der Waals surface area (Å²) in [4.78, 5) is 14.4. The number of hydrogen-bond acceptors (Lipinski definition) is 6. The second-order valence-corrected chi connectivity index (χ2v) is 5.32. The van der Waals surface area contributed by atoms with Gasteiger partial charge in [-0.3, -0.25) is 4.79 Å². The van der Waals surface area contributed by atoms with Crippen molar-refractivity contribution in [3.8, 4) is 5.75 Å². The number of morpholine rings is 1. The van der Waals surface area contributed by atoms with Gasteiger partial charge in [0.2, 0.25) is 11.8 Å². The van der Waals surface area contributed by atoms with Crippen LogP contribution < -0.4 is 4.74 Å². The Morgan fingerprint density at radius 2 is 2.29 bits per heavy atom. The van der Waals surface area contributed by atoms with E-state index in [0.717, 1.165) is 0 Å². The third-order valence-electron chi connectivity index (χ3n) is 3.66. The van der Waals surface area contributed by atoms with Crippen molar-refractivity contribution in [3.63, 3.8) is 0 Å². The van der Waals surface area contributed by atoms with E-state index in [-0.39, 0.29) is 30.4 Å². The molecule has 1 aromatic heterocycles. The van der Waals surface area contributed by atoms with Crippen LogP contribution in [0.25, 0.3) is 0 Å². The van der Waals surface area contributed by atoms with Crippen LogP contribution in [-0.2, 0) is 4.74 Å². The topological polar surface area (TPSA) is 77.7 Å². The Bertz CT molecular complexity index is 734. The van der Waals surface area contributed by atoms with Crippen molar-refractivity contribution in [2.45, 2.75) is 20.0 Å². The average molecular weight is 335 g/mol. The van der Waals surface area contributed by atoms with E-state index < -0.39 is 11.9 Å². The predicted molar refractivity (Wildman–Crippen MR) is 81.2 cm³/mol. The fraction of sp³-hybridized carbons (Fsp3) is 0.438. The summed E-state index contributed by atoms with van der Waals surface area (Å²) in [6, 6.07) is 4.31. The summed E-state index contributed by atoms with van der Waals surface area (Å²) >= 11 is 0. The van der Waals surface area contributed by atoms with Gasteiger partial charge >= 0.3 is 0 Å². The standard InChI is InChI=1S/C16H18FN3O4/c1-3-22-14-11(5-4-6-12(14)17)16(21)20-7-8-23-13(9-20)15-19-18-10(2)24-15/h4-6,13H,3,7-9H2,1-2H3. The lowest BCUT2D eigenvalue weighted by Crippen LogP contribution is -2.42. The molecule has 1 aliphatic rings. The number of amides is 1. The van der Waals surface area contributed by atoms with Crippen molar-refractivity contribution >= 4 is 5.91 Å². The van der Waals surface area contributed by atoms with E-state index in [1.807, 2.05) is 0 Å². The predicted octanol–water partition coefficient (Wildman–Crippen LogP) is 2.13. The molecule has 128 valence electrons. The molecule has 1 atom stereocenters. The highest BCUT2D eigenvalue weighted by Crippen LogP contribution is 2.27. The first-order valence-electron chi connectivity index (χ1n) is 7.72. The summed E-state index contributed by atoms with van der Waals surface area (Å²) in [6.07, 6.45) is -0.493. The summed E-state index contributed by atoms with van der Waals surface area (Å²) in [5.41, 5.74) is 0.194. The lowest BCUT2D eigenvalue weighted by molar-refractivity contribution is -0.0350. The fourth-order valence-electron chi connectivity index (χ4n) is 2.56. The number of aryl methyl sites for hydroxylation is 1. The van der Waals surface area contributed by atoms with Crippen LogP contribution in [0.4, 0.5) is 4.39 Å². The second-order valence-electron chi connectivity index (χ2n) is 5.32. The van der Waals surface area contributed by atoms with Crippen molar-refractivity contribution in [2.75, 3.05) is 26.3 Å². The van der Waals surface area contributed by atoms with E-state index in [9.17, 15) is 9.18 Å². The highest BCUT2D eigenvalue weighted by molar-refractivity contribution is 5.97. The maximum absolute atomic E-state index is 14.0.